The average Bonchev–Trinajstić information content (AvgIpc) is 3.12. The molecule has 5 heteroatoms. The van der Waals surface area contributed by atoms with Crippen molar-refractivity contribution in [3.63, 3.8) is 0 Å². The SMILES string of the molecule is C[C@@H](C(=O)N1CC[C@H](C(=O)O)C1)N1CCC(Cc2ccccc2)CC1. The van der Waals surface area contributed by atoms with E-state index in [0.717, 1.165) is 32.4 Å². The lowest BCUT2D eigenvalue weighted by Crippen LogP contribution is -2.49. The molecule has 25 heavy (non-hydrogen) atoms. The number of carbonyl (C=O) groups excluding carboxylic acids is 1. The number of hydrogen-bond donors (Lipinski definition) is 1. The Labute approximate surface area is 149 Å². The number of rotatable bonds is 5. The van der Waals surface area contributed by atoms with E-state index in [1.54, 1.807) is 4.90 Å². The molecule has 1 N–H and O–H groups in total. The number of amides is 1. The number of likely N-dealkylation sites (tertiary alicyclic amines) is 2. The minimum atomic E-state index is -0.787. The quantitative estimate of drug-likeness (QED) is 0.890. The summed E-state index contributed by atoms with van der Waals surface area (Å²) in [4.78, 5) is 27.8. The van der Waals surface area contributed by atoms with Crippen molar-refractivity contribution in [2.75, 3.05) is 26.2 Å². The van der Waals surface area contributed by atoms with Gasteiger partial charge in [0, 0.05) is 13.1 Å². The first kappa shape index (κ1) is 17.9. The highest BCUT2D eigenvalue weighted by Gasteiger charge is 2.35. The lowest BCUT2D eigenvalue weighted by atomic mass is 9.89. The van der Waals surface area contributed by atoms with E-state index in [9.17, 15) is 9.59 Å². The van der Waals surface area contributed by atoms with Crippen molar-refractivity contribution in [2.24, 2.45) is 11.8 Å². The van der Waals surface area contributed by atoms with Crippen molar-refractivity contribution in [3.05, 3.63) is 35.9 Å². The molecule has 2 saturated heterocycles. The van der Waals surface area contributed by atoms with Gasteiger partial charge >= 0.3 is 5.97 Å². The van der Waals surface area contributed by atoms with E-state index < -0.39 is 11.9 Å². The second-order valence-corrected chi connectivity index (χ2v) is 7.45. The van der Waals surface area contributed by atoms with Crippen LogP contribution in [-0.4, -0.2) is 59.0 Å². The van der Waals surface area contributed by atoms with Crippen LogP contribution in [0.2, 0.25) is 0 Å². The minimum Gasteiger partial charge on any atom is -0.481 e. The van der Waals surface area contributed by atoms with Crippen LogP contribution in [0.3, 0.4) is 0 Å². The first-order valence-electron chi connectivity index (χ1n) is 9.34. The maximum absolute atomic E-state index is 12.7. The molecule has 0 unspecified atom stereocenters. The zero-order valence-corrected chi connectivity index (χ0v) is 14.9. The van der Waals surface area contributed by atoms with Crippen LogP contribution in [0.25, 0.3) is 0 Å². The van der Waals surface area contributed by atoms with Gasteiger partial charge < -0.3 is 10.0 Å². The second-order valence-electron chi connectivity index (χ2n) is 7.45. The molecule has 1 aromatic carbocycles. The van der Waals surface area contributed by atoms with E-state index in [-0.39, 0.29) is 11.9 Å². The number of carbonyl (C=O) groups is 2. The number of nitrogens with zero attached hydrogens (tertiary/aromatic N) is 2. The molecule has 0 radical (unpaired) electrons. The number of benzene rings is 1. The second kappa shape index (κ2) is 8.00. The fourth-order valence-corrected chi connectivity index (χ4v) is 4.07. The van der Waals surface area contributed by atoms with E-state index in [2.05, 4.69) is 29.2 Å². The van der Waals surface area contributed by atoms with Gasteiger partial charge in [-0.15, -0.1) is 0 Å². The topological polar surface area (TPSA) is 60.9 Å². The summed E-state index contributed by atoms with van der Waals surface area (Å²) in [7, 11) is 0. The van der Waals surface area contributed by atoms with Gasteiger partial charge in [-0.05, 0) is 57.2 Å². The molecule has 0 spiro atoms. The van der Waals surface area contributed by atoms with Crippen LogP contribution in [0.1, 0.15) is 31.7 Å². The first-order valence-corrected chi connectivity index (χ1v) is 9.34. The van der Waals surface area contributed by atoms with Crippen molar-refractivity contribution in [3.8, 4) is 0 Å². The smallest absolute Gasteiger partial charge is 0.308 e. The highest BCUT2D eigenvalue weighted by atomic mass is 16.4. The van der Waals surface area contributed by atoms with E-state index >= 15 is 0 Å². The van der Waals surface area contributed by atoms with Crippen molar-refractivity contribution < 1.29 is 14.7 Å². The Kier molecular flexibility index (Phi) is 5.74. The van der Waals surface area contributed by atoms with Gasteiger partial charge in [0.25, 0.3) is 0 Å². The van der Waals surface area contributed by atoms with Crippen LogP contribution in [0, 0.1) is 11.8 Å². The van der Waals surface area contributed by atoms with Gasteiger partial charge in [0.1, 0.15) is 0 Å². The summed E-state index contributed by atoms with van der Waals surface area (Å²) in [6.45, 7) is 4.79. The molecule has 0 saturated carbocycles. The standard InChI is InChI=1S/C20H28N2O3/c1-15(19(23)22-12-9-18(14-22)20(24)25)21-10-7-17(8-11-21)13-16-5-3-2-4-6-16/h2-6,15,17-18H,7-14H2,1H3,(H,24,25)/t15-,18-/m0/s1. The molecule has 0 aliphatic carbocycles. The molecule has 0 bridgehead atoms. The Morgan fingerprint density at radius 2 is 1.80 bits per heavy atom. The van der Waals surface area contributed by atoms with Crippen LogP contribution in [0.15, 0.2) is 30.3 Å². The number of aliphatic carboxylic acids is 1. The maximum Gasteiger partial charge on any atom is 0.308 e. The van der Waals surface area contributed by atoms with Crippen LogP contribution in [0.5, 0.6) is 0 Å². The zero-order chi connectivity index (χ0) is 17.8. The Bertz CT molecular complexity index is 596. The summed E-state index contributed by atoms with van der Waals surface area (Å²) in [5.74, 6) is -0.410. The van der Waals surface area contributed by atoms with Gasteiger partial charge in [0.2, 0.25) is 5.91 Å². The summed E-state index contributed by atoms with van der Waals surface area (Å²) in [6.07, 6.45) is 3.92. The lowest BCUT2D eigenvalue weighted by molar-refractivity contribution is -0.141. The highest BCUT2D eigenvalue weighted by molar-refractivity contribution is 5.83. The third-order valence-electron chi connectivity index (χ3n) is 5.77. The van der Waals surface area contributed by atoms with E-state index in [4.69, 9.17) is 5.11 Å². The molecule has 0 aromatic heterocycles. The van der Waals surface area contributed by atoms with Crippen molar-refractivity contribution >= 4 is 11.9 Å². The molecule has 3 rings (SSSR count). The first-order chi connectivity index (χ1) is 12.0. The van der Waals surface area contributed by atoms with Crippen LogP contribution < -0.4 is 0 Å². The predicted molar refractivity (Wildman–Crippen MR) is 96.2 cm³/mol. The molecule has 1 aromatic rings. The normalized spacial score (nSPS) is 23.6. The molecular formula is C20H28N2O3. The summed E-state index contributed by atoms with van der Waals surface area (Å²) in [6, 6.07) is 10.4. The van der Waals surface area contributed by atoms with E-state index in [1.807, 2.05) is 13.0 Å². The van der Waals surface area contributed by atoms with E-state index in [0.29, 0.717) is 25.4 Å². The van der Waals surface area contributed by atoms with Crippen LogP contribution >= 0.6 is 0 Å². The fourth-order valence-electron chi connectivity index (χ4n) is 4.07. The molecule has 136 valence electrons. The predicted octanol–water partition coefficient (Wildman–Crippen LogP) is 2.26. The van der Waals surface area contributed by atoms with Gasteiger partial charge in [-0.3, -0.25) is 14.5 Å². The molecule has 2 fully saturated rings. The summed E-state index contributed by atoms with van der Waals surface area (Å²) in [5, 5.41) is 9.10. The maximum atomic E-state index is 12.7. The highest BCUT2D eigenvalue weighted by Crippen LogP contribution is 2.24. The van der Waals surface area contributed by atoms with Gasteiger partial charge in [0.05, 0.1) is 12.0 Å². The fraction of sp³-hybridized carbons (Fsp3) is 0.600. The summed E-state index contributed by atoms with van der Waals surface area (Å²) in [5.41, 5.74) is 1.39. The third kappa shape index (κ3) is 4.40. The minimum absolute atomic E-state index is 0.0882. The average molecular weight is 344 g/mol. The molecule has 2 aliphatic rings. The Morgan fingerprint density at radius 1 is 1.12 bits per heavy atom. The monoisotopic (exact) mass is 344 g/mol. The Balaban J connectivity index is 1.47. The largest absolute Gasteiger partial charge is 0.481 e. The number of carboxylic acid groups (broad SMARTS) is 1. The molecular weight excluding hydrogens is 316 g/mol. The van der Waals surface area contributed by atoms with Crippen LogP contribution in [-0.2, 0) is 16.0 Å². The number of hydrogen-bond acceptors (Lipinski definition) is 3. The molecule has 2 heterocycles. The molecule has 2 atom stereocenters. The van der Waals surface area contributed by atoms with Crippen molar-refractivity contribution in [1.29, 1.82) is 0 Å². The zero-order valence-electron chi connectivity index (χ0n) is 14.9. The van der Waals surface area contributed by atoms with Gasteiger partial charge in [-0.1, -0.05) is 30.3 Å². The summed E-state index contributed by atoms with van der Waals surface area (Å²) < 4.78 is 0. The van der Waals surface area contributed by atoms with Crippen molar-refractivity contribution in [1.82, 2.24) is 9.80 Å². The number of carboxylic acids is 1. The van der Waals surface area contributed by atoms with Gasteiger partial charge in [0.15, 0.2) is 0 Å². The van der Waals surface area contributed by atoms with Crippen LogP contribution in [0.4, 0.5) is 0 Å². The molecule has 1 amide bonds. The third-order valence-corrected chi connectivity index (χ3v) is 5.77. The van der Waals surface area contributed by atoms with E-state index in [1.165, 1.54) is 5.56 Å². The lowest BCUT2D eigenvalue weighted by Gasteiger charge is -2.36. The van der Waals surface area contributed by atoms with Gasteiger partial charge in [-0.2, -0.15) is 0 Å². The van der Waals surface area contributed by atoms with Crippen molar-refractivity contribution in [2.45, 2.75) is 38.6 Å². The molecule has 5 nitrogen and oxygen atoms in total. The van der Waals surface area contributed by atoms with Gasteiger partial charge in [-0.25, -0.2) is 0 Å². The summed E-state index contributed by atoms with van der Waals surface area (Å²) >= 11 is 0. The Hall–Kier alpha value is -1.88. The Morgan fingerprint density at radius 3 is 2.40 bits per heavy atom. The molecule has 2 aliphatic heterocycles. The number of piperidine rings is 1.